The number of nitrogens with zero attached hydrogens (tertiary/aromatic N) is 1. The molecule has 6 heteroatoms. The lowest BCUT2D eigenvalue weighted by atomic mass is 9.91. The number of benzene rings is 1. The monoisotopic (exact) mass is 394 g/mol. The largest absolute Gasteiger partial charge is 0.481 e. The number of carbonyl (C=O) groups is 2. The standard InChI is InChI=1S/C18H23BrN2O3/c1-12-7-13(16(22)23)10-21(9-12)17(24)20-11-18(5-6-18)14-3-2-4-15(19)8-14/h2-4,8,12-13H,5-7,9-11H2,1H3,(H,20,24)(H,22,23). The minimum atomic E-state index is -0.813. The minimum Gasteiger partial charge on any atom is -0.481 e. The molecule has 2 unspecified atom stereocenters. The highest BCUT2D eigenvalue weighted by Crippen LogP contribution is 2.48. The molecule has 3 rings (SSSR count). The van der Waals surface area contributed by atoms with Crippen molar-refractivity contribution in [1.29, 1.82) is 0 Å². The average Bonchev–Trinajstić information content (AvgIpc) is 3.33. The van der Waals surface area contributed by atoms with Gasteiger partial charge in [0.2, 0.25) is 0 Å². The van der Waals surface area contributed by atoms with Gasteiger partial charge in [-0.25, -0.2) is 4.79 Å². The van der Waals surface area contributed by atoms with E-state index in [0.29, 0.717) is 26.1 Å². The molecule has 2 atom stereocenters. The van der Waals surface area contributed by atoms with Crippen molar-refractivity contribution in [2.45, 2.75) is 31.6 Å². The molecule has 0 aromatic heterocycles. The predicted octanol–water partition coefficient (Wildman–Crippen LogP) is 3.23. The van der Waals surface area contributed by atoms with E-state index in [4.69, 9.17) is 0 Å². The van der Waals surface area contributed by atoms with Crippen molar-refractivity contribution in [3.63, 3.8) is 0 Å². The average molecular weight is 395 g/mol. The second kappa shape index (κ2) is 6.75. The van der Waals surface area contributed by atoms with Gasteiger partial charge in [0.15, 0.2) is 0 Å². The van der Waals surface area contributed by atoms with Gasteiger partial charge in [0, 0.05) is 29.5 Å². The number of likely N-dealkylation sites (tertiary alicyclic amines) is 1. The normalized spacial score (nSPS) is 25.2. The van der Waals surface area contributed by atoms with Gasteiger partial charge >= 0.3 is 12.0 Å². The van der Waals surface area contributed by atoms with Gasteiger partial charge in [-0.3, -0.25) is 4.79 Å². The molecule has 1 aliphatic carbocycles. The van der Waals surface area contributed by atoms with E-state index >= 15 is 0 Å². The molecule has 0 spiro atoms. The quantitative estimate of drug-likeness (QED) is 0.823. The van der Waals surface area contributed by atoms with E-state index in [-0.39, 0.29) is 17.4 Å². The number of hydrogen-bond donors (Lipinski definition) is 2. The van der Waals surface area contributed by atoms with Crippen LogP contribution in [0, 0.1) is 11.8 Å². The number of piperidine rings is 1. The lowest BCUT2D eigenvalue weighted by Crippen LogP contribution is -2.50. The van der Waals surface area contributed by atoms with Crippen molar-refractivity contribution >= 4 is 27.9 Å². The van der Waals surface area contributed by atoms with E-state index in [1.807, 2.05) is 19.1 Å². The first kappa shape index (κ1) is 17.3. The van der Waals surface area contributed by atoms with Gasteiger partial charge < -0.3 is 15.3 Å². The number of carboxylic acid groups (broad SMARTS) is 1. The van der Waals surface area contributed by atoms with E-state index < -0.39 is 11.9 Å². The van der Waals surface area contributed by atoms with E-state index in [9.17, 15) is 14.7 Å². The Labute approximate surface area is 150 Å². The van der Waals surface area contributed by atoms with Crippen LogP contribution in [0.1, 0.15) is 31.7 Å². The number of hydrogen-bond acceptors (Lipinski definition) is 2. The smallest absolute Gasteiger partial charge is 0.317 e. The predicted molar refractivity (Wildman–Crippen MR) is 94.9 cm³/mol. The number of aliphatic carboxylic acids is 1. The van der Waals surface area contributed by atoms with Crippen LogP contribution in [0.15, 0.2) is 28.7 Å². The summed E-state index contributed by atoms with van der Waals surface area (Å²) < 4.78 is 1.05. The number of halogens is 1. The first-order chi connectivity index (χ1) is 11.4. The fraction of sp³-hybridized carbons (Fsp3) is 0.556. The Bertz CT molecular complexity index is 645. The van der Waals surface area contributed by atoms with Crippen LogP contribution in [0.4, 0.5) is 4.79 Å². The van der Waals surface area contributed by atoms with Crippen LogP contribution in [0.3, 0.4) is 0 Å². The molecule has 2 fully saturated rings. The Hall–Kier alpha value is -1.56. The molecule has 130 valence electrons. The van der Waals surface area contributed by atoms with Gasteiger partial charge in [0.1, 0.15) is 0 Å². The molecular weight excluding hydrogens is 372 g/mol. The maximum Gasteiger partial charge on any atom is 0.317 e. The van der Waals surface area contributed by atoms with E-state index in [1.54, 1.807) is 4.90 Å². The number of rotatable bonds is 4. The third-order valence-corrected chi connectivity index (χ3v) is 5.66. The van der Waals surface area contributed by atoms with Crippen LogP contribution >= 0.6 is 15.9 Å². The van der Waals surface area contributed by atoms with E-state index in [0.717, 1.165) is 17.3 Å². The molecule has 1 aromatic carbocycles. The lowest BCUT2D eigenvalue weighted by Gasteiger charge is -2.35. The SMILES string of the molecule is CC1CC(C(=O)O)CN(C(=O)NCC2(c3cccc(Br)c3)CC2)C1. The summed E-state index contributed by atoms with van der Waals surface area (Å²) >= 11 is 3.50. The zero-order valence-electron chi connectivity index (χ0n) is 13.8. The topological polar surface area (TPSA) is 69.6 Å². The number of nitrogens with one attached hydrogen (secondary N) is 1. The molecule has 2 amide bonds. The van der Waals surface area contributed by atoms with Crippen molar-refractivity contribution in [2.75, 3.05) is 19.6 Å². The van der Waals surface area contributed by atoms with Gasteiger partial charge in [0.05, 0.1) is 5.92 Å². The first-order valence-corrected chi connectivity index (χ1v) is 9.20. The van der Waals surface area contributed by atoms with E-state index in [2.05, 4.69) is 33.4 Å². The van der Waals surface area contributed by atoms with Crippen LogP contribution in [-0.2, 0) is 10.2 Å². The van der Waals surface area contributed by atoms with Gasteiger partial charge in [-0.1, -0.05) is 35.0 Å². The molecule has 2 aliphatic rings. The number of amides is 2. The Morgan fingerprint density at radius 3 is 2.75 bits per heavy atom. The second-order valence-corrected chi connectivity index (χ2v) is 8.15. The molecule has 1 aliphatic heterocycles. The first-order valence-electron chi connectivity index (χ1n) is 8.41. The molecule has 1 aromatic rings. The highest BCUT2D eigenvalue weighted by atomic mass is 79.9. The minimum absolute atomic E-state index is 0.0348. The molecular formula is C18H23BrN2O3. The number of urea groups is 1. The summed E-state index contributed by atoms with van der Waals surface area (Å²) in [5.41, 5.74) is 1.28. The third-order valence-electron chi connectivity index (χ3n) is 5.16. The van der Waals surface area contributed by atoms with Crippen LogP contribution < -0.4 is 5.32 Å². The molecule has 2 N–H and O–H groups in total. The van der Waals surface area contributed by atoms with Crippen LogP contribution in [0.5, 0.6) is 0 Å². The van der Waals surface area contributed by atoms with Crippen molar-refractivity contribution in [2.24, 2.45) is 11.8 Å². The Balaban J connectivity index is 1.60. The van der Waals surface area contributed by atoms with Gasteiger partial charge in [0.25, 0.3) is 0 Å². The van der Waals surface area contributed by atoms with E-state index in [1.165, 1.54) is 5.56 Å². The maximum atomic E-state index is 12.5. The Kier molecular flexibility index (Phi) is 4.85. The highest BCUT2D eigenvalue weighted by Gasteiger charge is 2.44. The van der Waals surface area contributed by atoms with Gasteiger partial charge in [-0.15, -0.1) is 0 Å². The maximum absolute atomic E-state index is 12.5. The summed E-state index contributed by atoms with van der Waals surface area (Å²) in [4.78, 5) is 25.4. The molecule has 1 heterocycles. The Morgan fingerprint density at radius 2 is 2.12 bits per heavy atom. The summed E-state index contributed by atoms with van der Waals surface area (Å²) in [5, 5.41) is 12.3. The zero-order valence-corrected chi connectivity index (χ0v) is 15.4. The molecule has 0 radical (unpaired) electrons. The van der Waals surface area contributed by atoms with Crippen molar-refractivity contribution in [3.05, 3.63) is 34.3 Å². The molecule has 1 saturated carbocycles. The van der Waals surface area contributed by atoms with Crippen LogP contribution in [0.25, 0.3) is 0 Å². The molecule has 5 nitrogen and oxygen atoms in total. The summed E-state index contributed by atoms with van der Waals surface area (Å²) in [7, 11) is 0. The van der Waals surface area contributed by atoms with Crippen molar-refractivity contribution < 1.29 is 14.7 Å². The molecule has 24 heavy (non-hydrogen) atoms. The van der Waals surface area contributed by atoms with Gasteiger partial charge in [-0.2, -0.15) is 0 Å². The Morgan fingerprint density at radius 1 is 1.38 bits per heavy atom. The molecule has 1 saturated heterocycles. The second-order valence-electron chi connectivity index (χ2n) is 7.23. The summed E-state index contributed by atoms with van der Waals surface area (Å²) in [6.07, 6.45) is 2.77. The highest BCUT2D eigenvalue weighted by molar-refractivity contribution is 9.10. The fourth-order valence-electron chi connectivity index (χ4n) is 3.59. The zero-order chi connectivity index (χ0) is 17.3. The fourth-order valence-corrected chi connectivity index (χ4v) is 3.99. The summed E-state index contributed by atoms with van der Waals surface area (Å²) in [6.45, 7) is 3.53. The van der Waals surface area contributed by atoms with Crippen LogP contribution in [-0.4, -0.2) is 41.6 Å². The summed E-state index contributed by atoms with van der Waals surface area (Å²) in [5.74, 6) is -1.06. The van der Waals surface area contributed by atoms with Crippen LogP contribution in [0.2, 0.25) is 0 Å². The number of carbonyl (C=O) groups excluding carboxylic acids is 1. The van der Waals surface area contributed by atoms with Crippen molar-refractivity contribution in [1.82, 2.24) is 10.2 Å². The van der Waals surface area contributed by atoms with Crippen molar-refractivity contribution in [3.8, 4) is 0 Å². The third kappa shape index (κ3) is 3.74. The molecule has 0 bridgehead atoms. The number of carboxylic acids is 1. The van der Waals surface area contributed by atoms with Gasteiger partial charge in [-0.05, 0) is 42.9 Å². The lowest BCUT2D eigenvalue weighted by molar-refractivity contribution is -0.143. The summed E-state index contributed by atoms with van der Waals surface area (Å²) in [6, 6.07) is 8.09.